The van der Waals surface area contributed by atoms with Crippen molar-refractivity contribution in [2.45, 2.75) is 19.4 Å². The number of rotatable bonds is 6. The lowest BCUT2D eigenvalue weighted by atomic mass is 9.80. The highest BCUT2D eigenvalue weighted by Gasteiger charge is 2.42. The lowest BCUT2D eigenvalue weighted by Gasteiger charge is -2.29. The number of aromatic carboxylic acids is 1. The average Bonchev–Trinajstić information content (AvgIpc) is 3.18. The third-order valence-corrected chi connectivity index (χ3v) is 7.16. The normalized spacial score (nSPS) is 16.2. The SMILES string of the molecule is COC(=O)C1=C(C)NC2=C(C(=O)c3ccccc32)[C@@H]1c1ccc(OCc2ccc(C(=O)O)cc2)c(Br)c1. The average molecular weight is 560 g/mol. The molecule has 0 bridgehead atoms. The first-order valence-electron chi connectivity index (χ1n) is 11.5. The van der Waals surface area contributed by atoms with Gasteiger partial charge in [-0.3, -0.25) is 4.79 Å². The second-order valence-corrected chi connectivity index (χ2v) is 9.59. The van der Waals surface area contributed by atoms with E-state index in [-0.39, 0.29) is 18.0 Å². The highest BCUT2D eigenvalue weighted by Crippen LogP contribution is 2.47. The van der Waals surface area contributed by atoms with Gasteiger partial charge in [0.05, 0.1) is 28.4 Å². The number of hydrogen-bond acceptors (Lipinski definition) is 6. The van der Waals surface area contributed by atoms with Gasteiger partial charge in [-0.2, -0.15) is 0 Å². The van der Waals surface area contributed by atoms with E-state index in [4.69, 9.17) is 14.6 Å². The maximum absolute atomic E-state index is 13.5. The molecule has 0 fully saturated rings. The standard InChI is InChI=1S/C29H22BrNO6/c1-15-23(29(35)36-2)24(25-26(31-15)19-5-3-4-6-20(19)27(25)32)18-11-12-22(21(30)13-18)37-14-16-7-9-17(10-8-16)28(33)34/h3-13,24,31H,14H2,1-2H3,(H,33,34)/t24-/m1/s1. The van der Waals surface area contributed by atoms with E-state index < -0.39 is 17.9 Å². The quantitative estimate of drug-likeness (QED) is 0.386. The van der Waals surface area contributed by atoms with Crippen molar-refractivity contribution in [1.29, 1.82) is 0 Å². The Bertz CT molecular complexity index is 1520. The lowest BCUT2D eigenvalue weighted by Crippen LogP contribution is -2.29. The van der Waals surface area contributed by atoms with Crippen LogP contribution in [0.3, 0.4) is 0 Å². The van der Waals surface area contributed by atoms with E-state index in [0.717, 1.165) is 16.7 Å². The lowest BCUT2D eigenvalue weighted by molar-refractivity contribution is -0.136. The number of benzene rings is 3. The molecule has 1 aliphatic heterocycles. The van der Waals surface area contributed by atoms with Crippen LogP contribution in [0.15, 0.2) is 88.0 Å². The second kappa shape index (κ2) is 9.71. The monoisotopic (exact) mass is 559 g/mol. The van der Waals surface area contributed by atoms with Crippen molar-refractivity contribution in [3.63, 3.8) is 0 Å². The molecule has 8 heteroatoms. The molecule has 0 unspecified atom stereocenters. The molecule has 3 aromatic carbocycles. The third kappa shape index (κ3) is 4.34. The van der Waals surface area contributed by atoms with Crippen molar-refractivity contribution >= 4 is 39.3 Å². The Morgan fingerprint density at radius 2 is 1.73 bits per heavy atom. The van der Waals surface area contributed by atoms with Crippen LogP contribution in [0.5, 0.6) is 5.75 Å². The number of nitrogens with one attached hydrogen (secondary N) is 1. The topological polar surface area (TPSA) is 102 Å². The Morgan fingerprint density at radius 3 is 2.38 bits per heavy atom. The van der Waals surface area contributed by atoms with E-state index in [0.29, 0.717) is 38.3 Å². The molecular weight excluding hydrogens is 538 g/mol. The summed E-state index contributed by atoms with van der Waals surface area (Å²) in [6.45, 7) is 2.04. The number of allylic oxidation sites excluding steroid dienone is 2. The van der Waals surface area contributed by atoms with E-state index in [2.05, 4.69) is 21.2 Å². The van der Waals surface area contributed by atoms with E-state index in [9.17, 15) is 14.4 Å². The molecule has 3 aromatic rings. The molecule has 2 N–H and O–H groups in total. The summed E-state index contributed by atoms with van der Waals surface area (Å²) < 4.78 is 11.7. The fraction of sp³-hybridized carbons (Fsp3) is 0.138. The van der Waals surface area contributed by atoms with Gasteiger partial charge in [0, 0.05) is 28.3 Å². The van der Waals surface area contributed by atoms with Crippen LogP contribution in [0, 0.1) is 0 Å². The van der Waals surface area contributed by atoms with Gasteiger partial charge >= 0.3 is 11.9 Å². The Balaban J connectivity index is 1.49. The second-order valence-electron chi connectivity index (χ2n) is 8.73. The number of fused-ring (bicyclic) bond motifs is 2. The molecule has 0 amide bonds. The van der Waals surface area contributed by atoms with Crippen LogP contribution in [-0.2, 0) is 16.1 Å². The maximum atomic E-state index is 13.5. The van der Waals surface area contributed by atoms with Gasteiger partial charge in [-0.25, -0.2) is 9.59 Å². The van der Waals surface area contributed by atoms with Gasteiger partial charge in [0.25, 0.3) is 0 Å². The molecule has 7 nitrogen and oxygen atoms in total. The minimum atomic E-state index is -0.985. The predicted octanol–water partition coefficient (Wildman–Crippen LogP) is 5.47. The molecule has 37 heavy (non-hydrogen) atoms. The van der Waals surface area contributed by atoms with E-state index in [1.807, 2.05) is 30.3 Å². The number of ketones is 1. The van der Waals surface area contributed by atoms with Gasteiger partial charge in [0.2, 0.25) is 0 Å². The molecule has 2 aliphatic rings. The molecule has 1 aliphatic carbocycles. The van der Waals surface area contributed by atoms with Gasteiger partial charge in [0.1, 0.15) is 12.4 Å². The number of esters is 1. The summed E-state index contributed by atoms with van der Waals surface area (Å²) in [5.74, 6) is -1.68. The zero-order valence-electron chi connectivity index (χ0n) is 20.0. The number of carboxylic acid groups (broad SMARTS) is 1. The largest absolute Gasteiger partial charge is 0.488 e. The molecule has 0 saturated heterocycles. The first kappa shape index (κ1) is 24.5. The van der Waals surface area contributed by atoms with E-state index in [1.54, 1.807) is 31.2 Å². The Kier molecular flexibility index (Phi) is 6.43. The number of Topliss-reactive ketones (excluding diaryl/α,β-unsaturated/α-hetero) is 1. The summed E-state index contributed by atoms with van der Waals surface area (Å²) in [6.07, 6.45) is 0. The number of carbonyl (C=O) groups is 3. The van der Waals surface area contributed by atoms with Gasteiger partial charge in [-0.1, -0.05) is 42.5 Å². The van der Waals surface area contributed by atoms with E-state index >= 15 is 0 Å². The van der Waals surface area contributed by atoms with Gasteiger partial charge < -0.3 is 19.9 Å². The summed E-state index contributed by atoms with van der Waals surface area (Å²) in [5, 5.41) is 12.3. The number of carbonyl (C=O) groups excluding carboxylic acids is 2. The zero-order chi connectivity index (χ0) is 26.3. The summed E-state index contributed by atoms with van der Waals surface area (Å²) in [7, 11) is 1.32. The fourth-order valence-corrected chi connectivity index (χ4v) is 5.27. The highest BCUT2D eigenvalue weighted by atomic mass is 79.9. The van der Waals surface area contributed by atoms with Crippen LogP contribution < -0.4 is 10.1 Å². The smallest absolute Gasteiger partial charge is 0.336 e. The first-order valence-corrected chi connectivity index (χ1v) is 12.3. The molecule has 0 spiro atoms. The number of dihydropyridines is 1. The van der Waals surface area contributed by atoms with Crippen LogP contribution in [0.2, 0.25) is 0 Å². The Hall–Kier alpha value is -4.17. The van der Waals surface area contributed by atoms with Crippen LogP contribution in [0.1, 0.15) is 50.2 Å². The molecule has 0 radical (unpaired) electrons. The molecule has 0 saturated carbocycles. The summed E-state index contributed by atoms with van der Waals surface area (Å²) in [4.78, 5) is 37.4. The Morgan fingerprint density at radius 1 is 1.03 bits per heavy atom. The number of carboxylic acids is 1. The molecule has 186 valence electrons. The Labute approximate surface area is 221 Å². The summed E-state index contributed by atoms with van der Waals surface area (Å²) in [6, 6.07) is 19.3. The molecule has 1 atom stereocenters. The molecule has 1 heterocycles. The van der Waals surface area contributed by atoms with Crippen molar-refractivity contribution in [3.05, 3.63) is 116 Å². The van der Waals surface area contributed by atoms with Gasteiger partial charge in [-0.05, 0) is 58.2 Å². The fourth-order valence-electron chi connectivity index (χ4n) is 4.76. The number of halogens is 1. The maximum Gasteiger partial charge on any atom is 0.336 e. The molecule has 5 rings (SSSR count). The molecular formula is C29H22BrNO6. The minimum absolute atomic E-state index is 0.127. The van der Waals surface area contributed by atoms with Gasteiger partial charge in [-0.15, -0.1) is 0 Å². The minimum Gasteiger partial charge on any atom is -0.488 e. The number of methoxy groups -OCH3 is 1. The zero-order valence-corrected chi connectivity index (χ0v) is 21.6. The van der Waals surface area contributed by atoms with Crippen LogP contribution in [0.4, 0.5) is 0 Å². The van der Waals surface area contributed by atoms with E-state index in [1.165, 1.54) is 19.2 Å². The highest BCUT2D eigenvalue weighted by molar-refractivity contribution is 9.10. The summed E-state index contributed by atoms with van der Waals surface area (Å²) >= 11 is 3.57. The van der Waals surface area contributed by atoms with Crippen molar-refractivity contribution in [3.8, 4) is 5.75 Å². The summed E-state index contributed by atoms with van der Waals surface area (Å²) in [5.41, 5.74) is 5.37. The molecule has 0 aromatic heterocycles. The van der Waals surface area contributed by atoms with Crippen LogP contribution in [-0.4, -0.2) is 29.9 Å². The van der Waals surface area contributed by atoms with Crippen LogP contribution in [0.25, 0.3) is 5.70 Å². The van der Waals surface area contributed by atoms with Crippen molar-refractivity contribution in [1.82, 2.24) is 5.32 Å². The van der Waals surface area contributed by atoms with Crippen molar-refractivity contribution < 1.29 is 29.0 Å². The predicted molar refractivity (Wildman–Crippen MR) is 140 cm³/mol. The number of ether oxygens (including phenoxy) is 2. The van der Waals surface area contributed by atoms with Crippen LogP contribution >= 0.6 is 15.9 Å². The van der Waals surface area contributed by atoms with Gasteiger partial charge in [0.15, 0.2) is 5.78 Å². The number of hydrogen-bond donors (Lipinski definition) is 2. The van der Waals surface area contributed by atoms with Crippen molar-refractivity contribution in [2.24, 2.45) is 0 Å². The first-order chi connectivity index (χ1) is 17.8. The van der Waals surface area contributed by atoms with Crippen molar-refractivity contribution in [2.75, 3.05) is 7.11 Å². The third-order valence-electron chi connectivity index (χ3n) is 6.54.